The van der Waals surface area contributed by atoms with Crippen LogP contribution in [0.2, 0.25) is 0 Å². The van der Waals surface area contributed by atoms with Crippen LogP contribution in [0.1, 0.15) is 40.9 Å². The third-order valence-electron chi connectivity index (χ3n) is 4.95. The van der Waals surface area contributed by atoms with Crippen LogP contribution >= 0.6 is 11.8 Å². The number of amides is 1. The van der Waals surface area contributed by atoms with E-state index in [2.05, 4.69) is 16.4 Å². The third kappa shape index (κ3) is 2.51. The van der Waals surface area contributed by atoms with E-state index in [-0.39, 0.29) is 5.91 Å². The molecule has 2 heterocycles. The molecule has 4 nitrogen and oxygen atoms in total. The van der Waals surface area contributed by atoms with E-state index >= 15 is 0 Å². The van der Waals surface area contributed by atoms with E-state index in [1.54, 1.807) is 11.8 Å². The molecule has 118 valence electrons. The van der Waals surface area contributed by atoms with Crippen LogP contribution < -0.4 is 5.32 Å². The Kier molecular flexibility index (Phi) is 3.57. The number of carbonyl (C=O) groups excluding carboxylic acids is 1. The van der Waals surface area contributed by atoms with Gasteiger partial charge in [0.15, 0.2) is 0 Å². The molecule has 23 heavy (non-hydrogen) atoms. The van der Waals surface area contributed by atoms with Gasteiger partial charge < -0.3 is 10.3 Å². The van der Waals surface area contributed by atoms with E-state index in [4.69, 9.17) is 0 Å². The number of aromatic amines is 1. The van der Waals surface area contributed by atoms with Gasteiger partial charge in [-0.25, -0.2) is 0 Å². The van der Waals surface area contributed by atoms with Crippen molar-refractivity contribution in [1.29, 1.82) is 5.26 Å². The maximum atomic E-state index is 12.6. The smallest absolute Gasteiger partial charge is 0.252 e. The molecule has 1 aromatic heterocycles. The number of carbonyl (C=O) groups is 1. The molecule has 1 saturated heterocycles. The number of aryl methyl sites for hydroxylation is 2. The molecule has 2 aliphatic rings. The Morgan fingerprint density at radius 2 is 2.22 bits per heavy atom. The lowest BCUT2D eigenvalue weighted by Gasteiger charge is -2.21. The normalized spacial score (nSPS) is 23.4. The topological polar surface area (TPSA) is 68.7 Å². The van der Waals surface area contributed by atoms with Gasteiger partial charge in [0.2, 0.25) is 0 Å². The van der Waals surface area contributed by atoms with Crippen molar-refractivity contribution in [3.63, 3.8) is 0 Å². The monoisotopic (exact) mass is 325 g/mol. The largest absolute Gasteiger partial charge is 0.358 e. The summed E-state index contributed by atoms with van der Waals surface area (Å²) in [6.07, 6.45) is 5.35. The number of fused-ring (bicyclic) bond motifs is 3. The van der Waals surface area contributed by atoms with E-state index in [0.29, 0.717) is 11.3 Å². The van der Waals surface area contributed by atoms with Gasteiger partial charge in [-0.15, -0.1) is 0 Å². The highest BCUT2D eigenvalue weighted by atomic mass is 32.2. The van der Waals surface area contributed by atoms with Crippen molar-refractivity contribution in [2.45, 2.75) is 37.6 Å². The van der Waals surface area contributed by atoms with Crippen molar-refractivity contribution in [3.05, 3.63) is 35.0 Å². The zero-order chi connectivity index (χ0) is 15.9. The minimum atomic E-state index is -0.700. The number of nitrogens with one attached hydrogen (secondary N) is 2. The van der Waals surface area contributed by atoms with Gasteiger partial charge in [-0.1, -0.05) is 0 Å². The second kappa shape index (κ2) is 5.61. The lowest BCUT2D eigenvalue weighted by molar-refractivity contribution is 0.0926. The van der Waals surface area contributed by atoms with Crippen LogP contribution in [0.3, 0.4) is 0 Å². The van der Waals surface area contributed by atoms with Crippen molar-refractivity contribution in [2.24, 2.45) is 0 Å². The standard InChI is InChI=1S/C18H19N3OS/c19-10-18(7-8-23-11-18)21-17(22)12-5-6-16-14(9-12)13-3-1-2-4-15(13)20-16/h5-6,9,20H,1-4,7-8,11H2,(H,21,22). The molecule has 4 rings (SSSR count). The molecule has 2 aromatic rings. The maximum Gasteiger partial charge on any atom is 0.252 e. The molecule has 2 N–H and O–H groups in total. The summed E-state index contributed by atoms with van der Waals surface area (Å²) in [6, 6.07) is 8.13. The highest BCUT2D eigenvalue weighted by Crippen LogP contribution is 2.31. The quantitative estimate of drug-likeness (QED) is 0.891. The van der Waals surface area contributed by atoms with Gasteiger partial charge in [-0.2, -0.15) is 17.0 Å². The molecule has 0 radical (unpaired) electrons. The van der Waals surface area contributed by atoms with Crippen LogP contribution in [0.15, 0.2) is 18.2 Å². The predicted octanol–water partition coefficient (Wildman–Crippen LogP) is 3.18. The highest BCUT2D eigenvalue weighted by molar-refractivity contribution is 7.99. The summed E-state index contributed by atoms with van der Waals surface area (Å²) in [7, 11) is 0. The molecule has 1 amide bonds. The van der Waals surface area contributed by atoms with Crippen LogP contribution in [0.25, 0.3) is 10.9 Å². The summed E-state index contributed by atoms with van der Waals surface area (Å²) in [5, 5.41) is 13.6. The second-order valence-corrected chi connectivity index (χ2v) is 7.61. The van der Waals surface area contributed by atoms with Crippen LogP contribution in [-0.4, -0.2) is 27.9 Å². The lowest BCUT2D eigenvalue weighted by atomic mass is 9.95. The summed E-state index contributed by atoms with van der Waals surface area (Å²) in [4.78, 5) is 16.1. The third-order valence-corrected chi connectivity index (χ3v) is 6.14. The fraction of sp³-hybridized carbons (Fsp3) is 0.444. The number of rotatable bonds is 2. The molecular weight excluding hydrogens is 306 g/mol. The Morgan fingerprint density at radius 1 is 1.35 bits per heavy atom. The number of benzene rings is 1. The first-order chi connectivity index (χ1) is 11.2. The summed E-state index contributed by atoms with van der Waals surface area (Å²) in [5.41, 5.74) is 3.75. The number of nitrogens with zero attached hydrogens (tertiary/aromatic N) is 1. The molecule has 0 spiro atoms. The molecule has 1 atom stereocenters. The predicted molar refractivity (Wildman–Crippen MR) is 92.7 cm³/mol. The summed E-state index contributed by atoms with van der Waals surface area (Å²) < 4.78 is 0. The van der Waals surface area contributed by atoms with Crippen LogP contribution in [0, 0.1) is 11.3 Å². The van der Waals surface area contributed by atoms with Crippen molar-refractivity contribution < 1.29 is 4.79 Å². The molecule has 1 fully saturated rings. The van der Waals surface area contributed by atoms with Gasteiger partial charge >= 0.3 is 0 Å². The molecule has 5 heteroatoms. The Bertz CT molecular complexity index is 812. The second-order valence-electron chi connectivity index (χ2n) is 6.50. The molecule has 0 saturated carbocycles. The summed E-state index contributed by atoms with van der Waals surface area (Å²) in [5.74, 6) is 1.47. The Labute approximate surface area is 139 Å². The zero-order valence-electron chi connectivity index (χ0n) is 12.9. The summed E-state index contributed by atoms with van der Waals surface area (Å²) >= 11 is 1.72. The van der Waals surface area contributed by atoms with Gasteiger partial charge in [-0.3, -0.25) is 4.79 Å². The fourth-order valence-corrected chi connectivity index (χ4v) is 4.88. The van der Waals surface area contributed by atoms with E-state index in [0.717, 1.165) is 30.5 Å². The minimum Gasteiger partial charge on any atom is -0.358 e. The number of thioether (sulfide) groups is 1. The van der Waals surface area contributed by atoms with Crippen LogP contribution in [0.5, 0.6) is 0 Å². The zero-order valence-corrected chi connectivity index (χ0v) is 13.8. The first-order valence-corrected chi connectivity index (χ1v) is 9.31. The molecular formula is C18H19N3OS. The number of hydrogen-bond acceptors (Lipinski definition) is 3. The molecule has 0 bridgehead atoms. The number of nitriles is 1. The molecule has 1 aliphatic carbocycles. The van der Waals surface area contributed by atoms with Crippen molar-refractivity contribution in [2.75, 3.05) is 11.5 Å². The number of H-pyrrole nitrogens is 1. The van der Waals surface area contributed by atoms with Gasteiger partial charge in [0.25, 0.3) is 5.91 Å². The van der Waals surface area contributed by atoms with Gasteiger partial charge in [0.05, 0.1) is 6.07 Å². The number of hydrogen-bond donors (Lipinski definition) is 2. The van der Waals surface area contributed by atoms with Crippen molar-refractivity contribution >= 4 is 28.6 Å². The maximum absolute atomic E-state index is 12.6. The van der Waals surface area contributed by atoms with Gasteiger partial charge in [0.1, 0.15) is 5.54 Å². The van der Waals surface area contributed by atoms with Crippen molar-refractivity contribution in [1.82, 2.24) is 10.3 Å². The molecule has 1 unspecified atom stereocenters. The van der Waals surface area contributed by atoms with Gasteiger partial charge in [0, 0.05) is 27.9 Å². The minimum absolute atomic E-state index is 0.137. The van der Waals surface area contributed by atoms with E-state index in [9.17, 15) is 10.1 Å². The first-order valence-electron chi connectivity index (χ1n) is 8.16. The van der Waals surface area contributed by atoms with E-state index < -0.39 is 5.54 Å². The average molecular weight is 325 g/mol. The summed E-state index contributed by atoms with van der Waals surface area (Å²) in [6.45, 7) is 0. The fourth-order valence-electron chi connectivity index (χ4n) is 3.62. The van der Waals surface area contributed by atoms with Crippen molar-refractivity contribution in [3.8, 4) is 6.07 Å². The van der Waals surface area contributed by atoms with Crippen LogP contribution in [0.4, 0.5) is 0 Å². The SMILES string of the molecule is N#CC1(NC(=O)c2ccc3[nH]c4c(c3c2)CCCC4)CCSC1. The van der Waals surface area contributed by atoms with E-state index in [1.807, 2.05) is 18.2 Å². The highest BCUT2D eigenvalue weighted by Gasteiger charge is 2.36. The van der Waals surface area contributed by atoms with Gasteiger partial charge in [-0.05, 0) is 61.6 Å². The Balaban J connectivity index is 1.66. The Hall–Kier alpha value is -1.93. The molecule has 1 aliphatic heterocycles. The average Bonchev–Trinajstić information content (AvgIpc) is 3.19. The van der Waals surface area contributed by atoms with Crippen LogP contribution in [-0.2, 0) is 12.8 Å². The lowest BCUT2D eigenvalue weighted by Crippen LogP contribution is -2.47. The molecule has 1 aromatic carbocycles. The number of aromatic nitrogens is 1. The first kappa shape index (κ1) is 14.6. The Morgan fingerprint density at radius 3 is 3.00 bits per heavy atom. The van der Waals surface area contributed by atoms with E-state index in [1.165, 1.54) is 29.5 Å².